The molecule has 1 unspecified atom stereocenters. The normalized spacial score (nSPS) is 15.6. The molecule has 0 radical (unpaired) electrons. The number of hydrogen-bond acceptors (Lipinski definition) is 2. The Labute approximate surface area is 161 Å². The van der Waals surface area contributed by atoms with Crippen LogP contribution in [-0.4, -0.2) is 30.4 Å². The van der Waals surface area contributed by atoms with Gasteiger partial charge in [0.1, 0.15) is 5.82 Å². The molecule has 1 atom stereocenters. The predicted molar refractivity (Wildman–Crippen MR) is 107 cm³/mol. The lowest BCUT2D eigenvalue weighted by molar-refractivity contribution is -0.121. The minimum Gasteiger partial charge on any atom is -0.354 e. The van der Waals surface area contributed by atoms with E-state index in [1.807, 2.05) is 0 Å². The van der Waals surface area contributed by atoms with Crippen LogP contribution < -0.4 is 5.32 Å². The van der Waals surface area contributed by atoms with E-state index in [0.717, 1.165) is 31.5 Å². The van der Waals surface area contributed by atoms with Gasteiger partial charge in [-0.25, -0.2) is 4.39 Å². The van der Waals surface area contributed by atoms with E-state index in [1.165, 1.54) is 36.1 Å². The maximum atomic E-state index is 12.9. The Morgan fingerprint density at radius 2 is 1.74 bits per heavy atom. The van der Waals surface area contributed by atoms with Crippen molar-refractivity contribution in [2.24, 2.45) is 0 Å². The third kappa shape index (κ3) is 5.90. The van der Waals surface area contributed by atoms with E-state index in [1.54, 1.807) is 12.1 Å². The maximum absolute atomic E-state index is 12.9. The number of benzene rings is 2. The molecule has 1 saturated heterocycles. The molecule has 1 heterocycles. The molecule has 27 heavy (non-hydrogen) atoms. The van der Waals surface area contributed by atoms with Crippen molar-refractivity contribution in [1.29, 1.82) is 0 Å². The second kappa shape index (κ2) is 9.65. The Morgan fingerprint density at radius 3 is 2.41 bits per heavy atom. The van der Waals surface area contributed by atoms with Crippen LogP contribution >= 0.6 is 0 Å². The van der Waals surface area contributed by atoms with Crippen LogP contribution in [0, 0.1) is 12.7 Å². The van der Waals surface area contributed by atoms with Crippen molar-refractivity contribution in [3.63, 3.8) is 0 Å². The summed E-state index contributed by atoms with van der Waals surface area (Å²) in [5.41, 5.74) is 3.59. The summed E-state index contributed by atoms with van der Waals surface area (Å²) in [4.78, 5) is 14.8. The molecule has 2 aromatic rings. The second-order valence-electron chi connectivity index (χ2n) is 7.45. The summed E-state index contributed by atoms with van der Waals surface area (Å²) in [6.07, 6.45) is 4.53. The number of halogens is 1. The molecule has 4 heteroatoms. The fraction of sp³-hybridized carbons (Fsp3) is 0.435. The number of nitrogens with one attached hydrogen (secondary N) is 1. The van der Waals surface area contributed by atoms with Gasteiger partial charge in [-0.2, -0.15) is 0 Å². The van der Waals surface area contributed by atoms with Crippen LogP contribution in [0.15, 0.2) is 48.5 Å². The lowest BCUT2D eigenvalue weighted by atomic mass is 10.0. The van der Waals surface area contributed by atoms with Gasteiger partial charge in [-0.15, -0.1) is 0 Å². The van der Waals surface area contributed by atoms with Crippen molar-refractivity contribution in [2.45, 2.75) is 45.1 Å². The van der Waals surface area contributed by atoms with Gasteiger partial charge in [-0.05, 0) is 69.0 Å². The summed E-state index contributed by atoms with van der Waals surface area (Å²) >= 11 is 0. The fourth-order valence-corrected chi connectivity index (χ4v) is 3.70. The first-order chi connectivity index (χ1) is 13.1. The van der Waals surface area contributed by atoms with Gasteiger partial charge >= 0.3 is 0 Å². The number of rotatable bonds is 8. The smallest absolute Gasteiger partial charge is 0.220 e. The van der Waals surface area contributed by atoms with Gasteiger partial charge in [0.25, 0.3) is 0 Å². The van der Waals surface area contributed by atoms with Crippen LogP contribution in [0.5, 0.6) is 0 Å². The summed E-state index contributed by atoms with van der Waals surface area (Å²) in [5.74, 6) is -0.131. The van der Waals surface area contributed by atoms with Crippen molar-refractivity contribution in [1.82, 2.24) is 10.2 Å². The molecule has 1 fully saturated rings. The first kappa shape index (κ1) is 19.6. The number of hydrogen-bond donors (Lipinski definition) is 1. The van der Waals surface area contributed by atoms with Crippen LogP contribution in [0.2, 0.25) is 0 Å². The number of aryl methyl sites for hydroxylation is 2. The Balaban J connectivity index is 1.49. The molecular weight excluding hydrogens is 339 g/mol. The van der Waals surface area contributed by atoms with E-state index in [0.29, 0.717) is 13.0 Å². The lowest BCUT2D eigenvalue weighted by Crippen LogP contribution is -2.36. The fourth-order valence-electron chi connectivity index (χ4n) is 3.70. The number of carbonyl (C=O) groups is 1. The quantitative estimate of drug-likeness (QED) is 0.748. The molecule has 0 bridgehead atoms. The topological polar surface area (TPSA) is 32.3 Å². The largest absolute Gasteiger partial charge is 0.354 e. The van der Waals surface area contributed by atoms with E-state index in [2.05, 4.69) is 41.4 Å². The summed E-state index contributed by atoms with van der Waals surface area (Å²) in [6, 6.07) is 15.4. The van der Waals surface area contributed by atoms with E-state index < -0.39 is 0 Å². The first-order valence-electron chi connectivity index (χ1n) is 9.93. The second-order valence-corrected chi connectivity index (χ2v) is 7.45. The molecule has 1 aliphatic heterocycles. The van der Waals surface area contributed by atoms with Gasteiger partial charge < -0.3 is 5.32 Å². The van der Waals surface area contributed by atoms with Crippen molar-refractivity contribution in [2.75, 3.05) is 19.6 Å². The van der Waals surface area contributed by atoms with E-state index in [-0.39, 0.29) is 17.8 Å². The van der Waals surface area contributed by atoms with Gasteiger partial charge in [-0.1, -0.05) is 42.0 Å². The number of amides is 1. The van der Waals surface area contributed by atoms with Gasteiger partial charge in [0.15, 0.2) is 0 Å². The predicted octanol–water partition coefficient (Wildman–Crippen LogP) is 4.41. The lowest BCUT2D eigenvalue weighted by Gasteiger charge is -2.28. The van der Waals surface area contributed by atoms with Crippen LogP contribution in [0.4, 0.5) is 4.39 Å². The van der Waals surface area contributed by atoms with Crippen LogP contribution in [0.1, 0.15) is 48.4 Å². The average molecular weight is 368 g/mol. The SMILES string of the molecule is Cc1ccc(C(CNC(=O)CCCc2ccc(F)cc2)N2CCCC2)cc1. The molecule has 3 rings (SSSR count). The average Bonchev–Trinajstić information content (AvgIpc) is 3.19. The Hall–Kier alpha value is -2.20. The number of likely N-dealkylation sites (tertiary alicyclic amines) is 1. The van der Waals surface area contributed by atoms with E-state index >= 15 is 0 Å². The number of nitrogens with zero attached hydrogens (tertiary/aromatic N) is 1. The molecule has 3 nitrogen and oxygen atoms in total. The monoisotopic (exact) mass is 368 g/mol. The summed E-state index contributed by atoms with van der Waals surface area (Å²) in [5, 5.41) is 3.13. The molecule has 1 aliphatic rings. The zero-order chi connectivity index (χ0) is 19.1. The third-order valence-electron chi connectivity index (χ3n) is 5.32. The third-order valence-corrected chi connectivity index (χ3v) is 5.32. The standard InChI is InChI=1S/C23H29FN2O/c1-18-7-11-20(12-8-18)22(26-15-2-3-16-26)17-25-23(27)6-4-5-19-9-13-21(24)14-10-19/h7-14,22H,2-6,15-17H2,1H3,(H,25,27). The zero-order valence-electron chi connectivity index (χ0n) is 16.1. The molecule has 1 N–H and O–H groups in total. The maximum Gasteiger partial charge on any atom is 0.220 e. The molecule has 1 amide bonds. The zero-order valence-corrected chi connectivity index (χ0v) is 16.1. The van der Waals surface area contributed by atoms with Crippen LogP contribution in [0.3, 0.4) is 0 Å². The molecule has 144 valence electrons. The summed E-state index contributed by atoms with van der Waals surface area (Å²) < 4.78 is 12.9. The van der Waals surface area contributed by atoms with Crippen molar-refractivity contribution >= 4 is 5.91 Å². The molecule has 2 aromatic carbocycles. The highest BCUT2D eigenvalue weighted by Crippen LogP contribution is 2.25. The highest BCUT2D eigenvalue weighted by atomic mass is 19.1. The van der Waals surface area contributed by atoms with E-state index in [4.69, 9.17) is 0 Å². The molecular formula is C23H29FN2O. The minimum absolute atomic E-state index is 0.0911. The Kier molecular flexibility index (Phi) is 6.99. The molecule has 0 aromatic heterocycles. The summed E-state index contributed by atoms with van der Waals surface area (Å²) in [6.45, 7) is 4.94. The van der Waals surface area contributed by atoms with Crippen LogP contribution in [-0.2, 0) is 11.2 Å². The minimum atomic E-state index is -0.222. The molecule has 0 saturated carbocycles. The molecule has 0 spiro atoms. The first-order valence-corrected chi connectivity index (χ1v) is 9.93. The van der Waals surface area contributed by atoms with Crippen molar-refractivity contribution in [3.8, 4) is 0 Å². The summed E-state index contributed by atoms with van der Waals surface area (Å²) in [7, 11) is 0. The highest BCUT2D eigenvalue weighted by molar-refractivity contribution is 5.75. The van der Waals surface area contributed by atoms with Crippen LogP contribution in [0.25, 0.3) is 0 Å². The van der Waals surface area contributed by atoms with Crippen molar-refractivity contribution in [3.05, 3.63) is 71.0 Å². The molecule has 0 aliphatic carbocycles. The highest BCUT2D eigenvalue weighted by Gasteiger charge is 2.23. The van der Waals surface area contributed by atoms with Gasteiger partial charge in [0.2, 0.25) is 5.91 Å². The number of carbonyl (C=O) groups excluding carboxylic acids is 1. The van der Waals surface area contributed by atoms with Crippen molar-refractivity contribution < 1.29 is 9.18 Å². The van der Waals surface area contributed by atoms with Gasteiger partial charge in [-0.3, -0.25) is 9.69 Å². The van der Waals surface area contributed by atoms with Gasteiger partial charge in [0.05, 0.1) is 6.04 Å². The Morgan fingerprint density at radius 1 is 1.07 bits per heavy atom. The van der Waals surface area contributed by atoms with Gasteiger partial charge in [0, 0.05) is 13.0 Å². The van der Waals surface area contributed by atoms with E-state index in [9.17, 15) is 9.18 Å². The Bertz CT molecular complexity index is 721.